The molecule has 0 N–H and O–H groups in total. The highest BCUT2D eigenvalue weighted by atomic mass is 16.5. The van der Waals surface area contributed by atoms with Crippen molar-refractivity contribution in [1.82, 2.24) is 4.90 Å². The fourth-order valence-electron chi connectivity index (χ4n) is 5.66. The van der Waals surface area contributed by atoms with Crippen molar-refractivity contribution in [2.45, 2.75) is 77.8 Å². The van der Waals surface area contributed by atoms with Gasteiger partial charge in [-0.1, -0.05) is 39.2 Å². The first-order chi connectivity index (χ1) is 13.5. The van der Waals surface area contributed by atoms with Gasteiger partial charge in [0.2, 0.25) is 0 Å². The molecule has 4 nitrogen and oxygen atoms in total. The van der Waals surface area contributed by atoms with Gasteiger partial charge >= 0.3 is 0 Å². The van der Waals surface area contributed by atoms with Crippen LogP contribution in [0.25, 0.3) is 0 Å². The van der Waals surface area contributed by atoms with E-state index in [4.69, 9.17) is 4.74 Å². The van der Waals surface area contributed by atoms with Crippen LogP contribution in [-0.2, 0) is 4.79 Å². The van der Waals surface area contributed by atoms with E-state index in [1.54, 1.807) is 0 Å². The third-order valence-electron chi connectivity index (χ3n) is 7.02. The molecule has 3 aliphatic heterocycles. The molecule has 3 heterocycles. The Morgan fingerprint density at radius 3 is 2.64 bits per heavy atom. The highest BCUT2D eigenvalue weighted by molar-refractivity contribution is 5.97. The quantitative estimate of drug-likeness (QED) is 0.678. The minimum absolute atomic E-state index is 0.0891. The van der Waals surface area contributed by atoms with E-state index >= 15 is 0 Å². The number of nitrogens with zero attached hydrogens (tertiary/aromatic N) is 2. The van der Waals surface area contributed by atoms with E-state index < -0.39 is 0 Å². The second-order valence-corrected chi connectivity index (χ2v) is 9.43. The summed E-state index contributed by atoms with van der Waals surface area (Å²) in [5, 5.41) is 0. The fourth-order valence-corrected chi connectivity index (χ4v) is 5.66. The molecule has 4 atom stereocenters. The first-order valence-electron chi connectivity index (χ1n) is 11.3. The van der Waals surface area contributed by atoms with E-state index in [2.05, 4.69) is 37.8 Å². The molecule has 3 aliphatic rings. The van der Waals surface area contributed by atoms with Crippen molar-refractivity contribution in [1.29, 1.82) is 0 Å². The summed E-state index contributed by atoms with van der Waals surface area (Å²) in [5.41, 5.74) is 2.12. The lowest BCUT2D eigenvalue weighted by molar-refractivity contribution is -0.121. The predicted molar refractivity (Wildman–Crippen MR) is 114 cm³/mol. The molecule has 28 heavy (non-hydrogen) atoms. The molecule has 0 saturated carbocycles. The summed E-state index contributed by atoms with van der Waals surface area (Å²) in [7, 11) is 0. The Morgan fingerprint density at radius 2 is 1.93 bits per heavy atom. The van der Waals surface area contributed by atoms with E-state index in [9.17, 15) is 4.79 Å². The molecule has 2 bridgehead atoms. The number of aryl methyl sites for hydroxylation is 1. The first-order valence-corrected chi connectivity index (χ1v) is 11.3. The molecule has 0 spiro atoms. The molecular formula is C24H36N2O2. The average Bonchev–Trinajstić information content (AvgIpc) is 2.90. The zero-order valence-corrected chi connectivity index (χ0v) is 17.8. The molecule has 0 radical (unpaired) electrons. The van der Waals surface area contributed by atoms with Crippen molar-refractivity contribution in [2.75, 3.05) is 24.6 Å². The Kier molecular flexibility index (Phi) is 5.96. The van der Waals surface area contributed by atoms with Gasteiger partial charge in [-0.25, -0.2) is 0 Å². The summed E-state index contributed by atoms with van der Waals surface area (Å²) in [6.45, 7) is 8.74. The van der Waals surface area contributed by atoms with Crippen LogP contribution in [-0.4, -0.2) is 42.6 Å². The van der Waals surface area contributed by atoms with Crippen molar-refractivity contribution in [3.63, 3.8) is 0 Å². The monoisotopic (exact) mass is 384 g/mol. The number of fused-ring (bicyclic) bond motifs is 3. The lowest BCUT2D eigenvalue weighted by atomic mass is 9.86. The molecule has 2 fully saturated rings. The molecule has 1 aromatic rings. The molecular weight excluding hydrogens is 348 g/mol. The largest absolute Gasteiger partial charge is 0.482 e. The highest BCUT2D eigenvalue weighted by Gasteiger charge is 2.41. The zero-order chi connectivity index (χ0) is 19.7. The number of anilines is 1. The number of carbonyl (C=O) groups excluding carboxylic acids is 1. The Bertz CT molecular complexity index is 690. The average molecular weight is 385 g/mol. The van der Waals surface area contributed by atoms with Crippen molar-refractivity contribution >= 4 is 11.6 Å². The van der Waals surface area contributed by atoms with Gasteiger partial charge in [0.15, 0.2) is 6.61 Å². The number of unbranched alkanes of at least 4 members (excludes halogenated alkanes) is 1. The zero-order valence-electron chi connectivity index (χ0n) is 17.8. The molecule has 0 aliphatic carbocycles. The number of piperidine rings is 1. The van der Waals surface area contributed by atoms with Crippen LogP contribution in [0.2, 0.25) is 0 Å². The summed E-state index contributed by atoms with van der Waals surface area (Å²) in [5.74, 6) is 2.34. The minimum Gasteiger partial charge on any atom is -0.482 e. The van der Waals surface area contributed by atoms with Crippen LogP contribution in [0.15, 0.2) is 18.2 Å². The van der Waals surface area contributed by atoms with Crippen molar-refractivity contribution < 1.29 is 9.53 Å². The molecule has 154 valence electrons. The van der Waals surface area contributed by atoms with Crippen LogP contribution in [0.5, 0.6) is 5.75 Å². The van der Waals surface area contributed by atoms with Crippen LogP contribution in [0.4, 0.5) is 5.69 Å². The lowest BCUT2D eigenvalue weighted by Gasteiger charge is -2.41. The number of ether oxygens (including phenoxy) is 1. The first kappa shape index (κ1) is 19.8. The summed E-state index contributed by atoms with van der Waals surface area (Å²) >= 11 is 0. The Labute approximate surface area is 170 Å². The van der Waals surface area contributed by atoms with Gasteiger partial charge < -0.3 is 9.64 Å². The number of amides is 1. The third kappa shape index (κ3) is 4.07. The van der Waals surface area contributed by atoms with Crippen LogP contribution < -0.4 is 9.64 Å². The molecule has 4 rings (SSSR count). The number of benzene rings is 1. The van der Waals surface area contributed by atoms with Crippen molar-refractivity contribution in [3.8, 4) is 5.75 Å². The highest BCUT2D eigenvalue weighted by Crippen LogP contribution is 2.41. The SMILES string of the molecule is CCCCC1CC2CC[C@H](C1)N2CC(C)CN1C(=O)COc2ccc(C)cc21. The summed E-state index contributed by atoms with van der Waals surface area (Å²) < 4.78 is 5.64. The van der Waals surface area contributed by atoms with Gasteiger partial charge in [-0.05, 0) is 62.1 Å². The maximum atomic E-state index is 12.6. The van der Waals surface area contributed by atoms with Gasteiger partial charge in [-0.15, -0.1) is 0 Å². The van der Waals surface area contributed by atoms with Crippen LogP contribution >= 0.6 is 0 Å². The summed E-state index contributed by atoms with van der Waals surface area (Å²) in [6.07, 6.45) is 9.66. The number of carbonyl (C=O) groups is 1. The Balaban J connectivity index is 1.38. The van der Waals surface area contributed by atoms with Crippen molar-refractivity contribution in [3.05, 3.63) is 23.8 Å². The molecule has 3 unspecified atom stereocenters. The Morgan fingerprint density at radius 1 is 1.18 bits per heavy atom. The fraction of sp³-hybridized carbons (Fsp3) is 0.708. The number of hydrogen-bond acceptors (Lipinski definition) is 3. The molecule has 1 aromatic carbocycles. The van der Waals surface area contributed by atoms with E-state index in [0.29, 0.717) is 5.92 Å². The van der Waals surface area contributed by atoms with Gasteiger partial charge in [0.1, 0.15) is 5.75 Å². The topological polar surface area (TPSA) is 32.8 Å². The summed E-state index contributed by atoms with van der Waals surface area (Å²) in [6, 6.07) is 7.69. The smallest absolute Gasteiger partial charge is 0.265 e. The van der Waals surface area contributed by atoms with Gasteiger partial charge in [-0.3, -0.25) is 9.69 Å². The third-order valence-corrected chi connectivity index (χ3v) is 7.02. The van der Waals surface area contributed by atoms with Gasteiger partial charge in [-0.2, -0.15) is 0 Å². The predicted octanol–water partition coefficient (Wildman–Crippen LogP) is 4.79. The number of rotatable bonds is 7. The van der Waals surface area contributed by atoms with Crippen LogP contribution in [0, 0.1) is 18.8 Å². The molecule has 2 saturated heterocycles. The molecule has 1 amide bonds. The molecule has 0 aromatic heterocycles. The van der Waals surface area contributed by atoms with E-state index in [1.165, 1.54) is 50.5 Å². The van der Waals surface area contributed by atoms with Gasteiger partial charge in [0.25, 0.3) is 5.91 Å². The van der Waals surface area contributed by atoms with Crippen LogP contribution in [0.3, 0.4) is 0 Å². The van der Waals surface area contributed by atoms with Crippen LogP contribution in [0.1, 0.15) is 64.4 Å². The maximum absolute atomic E-state index is 12.6. The maximum Gasteiger partial charge on any atom is 0.265 e. The van der Waals surface area contributed by atoms with Gasteiger partial charge in [0.05, 0.1) is 5.69 Å². The number of hydrogen-bond donors (Lipinski definition) is 0. The summed E-state index contributed by atoms with van der Waals surface area (Å²) in [4.78, 5) is 17.3. The van der Waals surface area contributed by atoms with E-state index in [1.807, 2.05) is 11.0 Å². The Hall–Kier alpha value is -1.55. The van der Waals surface area contributed by atoms with E-state index in [-0.39, 0.29) is 12.5 Å². The second-order valence-electron chi connectivity index (χ2n) is 9.43. The second kappa shape index (κ2) is 8.44. The lowest BCUT2D eigenvalue weighted by Crippen LogP contribution is -2.48. The van der Waals surface area contributed by atoms with Crippen molar-refractivity contribution in [2.24, 2.45) is 11.8 Å². The van der Waals surface area contributed by atoms with E-state index in [0.717, 1.165) is 42.5 Å². The normalized spacial score (nSPS) is 28.2. The van der Waals surface area contributed by atoms with Gasteiger partial charge in [0, 0.05) is 25.2 Å². The molecule has 4 heteroatoms. The standard InChI is InChI=1S/C24H36N2O2/c1-4-5-6-19-12-20-8-9-21(13-19)25(20)14-18(3)15-26-22-11-17(2)7-10-23(22)28-16-24(26)27/h7,10-11,18-21H,4-6,8-9,12-16H2,1-3H3/t18?,19?,20-,21?/m1/s1. The minimum atomic E-state index is 0.0891.